The Hall–Kier alpha value is -0.670. The quantitative estimate of drug-likeness (QED) is 0.645. The normalized spacial score (nSPS) is 32.6. The molecular formula is C10H14F2O2. The summed E-state index contributed by atoms with van der Waals surface area (Å²) in [6.07, 6.45) is 1.70. The number of hydrogen-bond donors (Lipinski definition) is 0. The van der Waals surface area contributed by atoms with Crippen molar-refractivity contribution in [3.05, 3.63) is 0 Å². The highest BCUT2D eigenvalue weighted by Gasteiger charge is 2.60. The number of methoxy groups -OCH3 is 1. The van der Waals surface area contributed by atoms with Crippen LogP contribution in [0.5, 0.6) is 0 Å². The van der Waals surface area contributed by atoms with Crippen LogP contribution in [-0.2, 0) is 9.53 Å². The third-order valence-electron chi connectivity index (χ3n) is 3.57. The average molecular weight is 204 g/mol. The molecule has 0 aromatic carbocycles. The lowest BCUT2D eigenvalue weighted by molar-refractivity contribution is -0.149. The highest BCUT2D eigenvalue weighted by atomic mass is 19.3. The van der Waals surface area contributed by atoms with E-state index in [9.17, 15) is 13.6 Å². The van der Waals surface area contributed by atoms with Crippen LogP contribution < -0.4 is 0 Å². The van der Waals surface area contributed by atoms with Crippen molar-refractivity contribution in [3.63, 3.8) is 0 Å². The first kappa shape index (κ1) is 9.87. The maximum absolute atomic E-state index is 13.0. The average Bonchev–Trinajstić information content (AvgIpc) is 2.86. The van der Waals surface area contributed by atoms with Gasteiger partial charge in [-0.3, -0.25) is 4.79 Å². The van der Waals surface area contributed by atoms with Gasteiger partial charge in [-0.2, -0.15) is 0 Å². The Balaban J connectivity index is 2.06. The van der Waals surface area contributed by atoms with Crippen LogP contribution in [0.2, 0.25) is 0 Å². The topological polar surface area (TPSA) is 26.3 Å². The Morgan fingerprint density at radius 1 is 1.36 bits per heavy atom. The fraction of sp³-hybridized carbons (Fsp3) is 0.900. The Kier molecular flexibility index (Phi) is 2.05. The van der Waals surface area contributed by atoms with Crippen LogP contribution in [0.15, 0.2) is 0 Å². The van der Waals surface area contributed by atoms with Crippen LogP contribution in [0.4, 0.5) is 8.78 Å². The fourth-order valence-corrected chi connectivity index (χ4v) is 2.54. The molecule has 2 nitrogen and oxygen atoms in total. The predicted molar refractivity (Wildman–Crippen MR) is 46.0 cm³/mol. The summed E-state index contributed by atoms with van der Waals surface area (Å²) >= 11 is 0. The van der Waals surface area contributed by atoms with Crippen molar-refractivity contribution < 1.29 is 18.3 Å². The molecule has 2 fully saturated rings. The van der Waals surface area contributed by atoms with Crippen LogP contribution in [-0.4, -0.2) is 19.0 Å². The second-order valence-corrected chi connectivity index (χ2v) is 4.44. The molecule has 0 aromatic rings. The van der Waals surface area contributed by atoms with E-state index in [0.717, 1.165) is 12.8 Å². The van der Waals surface area contributed by atoms with Crippen LogP contribution in [0, 0.1) is 11.3 Å². The molecule has 0 aliphatic heterocycles. The molecule has 1 atom stereocenters. The van der Waals surface area contributed by atoms with E-state index in [-0.39, 0.29) is 24.7 Å². The highest BCUT2D eigenvalue weighted by molar-refractivity contribution is 5.80. The van der Waals surface area contributed by atoms with Crippen molar-refractivity contribution in [3.8, 4) is 0 Å². The minimum Gasteiger partial charge on any atom is -0.469 e. The first-order valence-corrected chi connectivity index (χ1v) is 4.96. The number of ether oxygens (including phenoxy) is 1. The van der Waals surface area contributed by atoms with Crippen LogP contribution in [0.25, 0.3) is 0 Å². The molecule has 0 heterocycles. The van der Waals surface area contributed by atoms with Crippen molar-refractivity contribution in [1.82, 2.24) is 0 Å². The molecule has 0 aromatic heterocycles. The number of esters is 1. The molecule has 2 aliphatic rings. The minimum atomic E-state index is -2.56. The molecule has 0 bridgehead atoms. The fourth-order valence-electron chi connectivity index (χ4n) is 2.54. The number of carbonyl (C=O) groups is 1. The summed E-state index contributed by atoms with van der Waals surface area (Å²) in [6.45, 7) is 0. The number of hydrogen-bond acceptors (Lipinski definition) is 2. The van der Waals surface area contributed by atoms with Crippen LogP contribution in [0.3, 0.4) is 0 Å². The molecule has 4 heteroatoms. The van der Waals surface area contributed by atoms with Gasteiger partial charge in [0, 0.05) is 12.8 Å². The zero-order valence-electron chi connectivity index (χ0n) is 8.19. The van der Waals surface area contributed by atoms with Gasteiger partial charge in [-0.15, -0.1) is 0 Å². The molecule has 0 amide bonds. The monoisotopic (exact) mass is 204 g/mol. The first-order valence-electron chi connectivity index (χ1n) is 4.96. The lowest BCUT2D eigenvalue weighted by Crippen LogP contribution is -2.26. The molecule has 14 heavy (non-hydrogen) atoms. The van der Waals surface area contributed by atoms with Gasteiger partial charge < -0.3 is 4.74 Å². The summed E-state index contributed by atoms with van der Waals surface area (Å²) in [7, 11) is 1.33. The van der Waals surface area contributed by atoms with E-state index >= 15 is 0 Å². The second kappa shape index (κ2) is 2.91. The van der Waals surface area contributed by atoms with Gasteiger partial charge in [-0.05, 0) is 25.2 Å². The highest BCUT2D eigenvalue weighted by Crippen LogP contribution is 2.60. The van der Waals surface area contributed by atoms with E-state index in [1.54, 1.807) is 0 Å². The Labute approximate surface area is 81.6 Å². The maximum Gasteiger partial charge on any atom is 0.312 e. The SMILES string of the molecule is COC(=O)C1(C2CCC(F)(F)C2)CC1. The van der Waals surface area contributed by atoms with E-state index in [1.165, 1.54) is 7.11 Å². The molecule has 1 unspecified atom stereocenters. The molecule has 0 radical (unpaired) electrons. The summed E-state index contributed by atoms with van der Waals surface area (Å²) < 4.78 is 30.6. The summed E-state index contributed by atoms with van der Waals surface area (Å²) in [5.41, 5.74) is -0.547. The van der Waals surface area contributed by atoms with Gasteiger partial charge in [0.15, 0.2) is 0 Å². The van der Waals surface area contributed by atoms with Crippen molar-refractivity contribution in [2.24, 2.45) is 11.3 Å². The molecule has 2 saturated carbocycles. The number of halogens is 2. The maximum atomic E-state index is 13.0. The molecular weight excluding hydrogens is 190 g/mol. The lowest BCUT2D eigenvalue weighted by atomic mass is 9.87. The zero-order valence-corrected chi connectivity index (χ0v) is 8.19. The molecule has 0 spiro atoms. The van der Waals surface area contributed by atoms with Crippen LogP contribution >= 0.6 is 0 Å². The van der Waals surface area contributed by atoms with Gasteiger partial charge in [-0.25, -0.2) is 8.78 Å². The van der Waals surface area contributed by atoms with E-state index < -0.39 is 11.3 Å². The molecule has 0 N–H and O–H groups in total. The van der Waals surface area contributed by atoms with Gasteiger partial charge in [-0.1, -0.05) is 0 Å². The van der Waals surface area contributed by atoms with Crippen LogP contribution in [0.1, 0.15) is 32.1 Å². The van der Waals surface area contributed by atoms with Crippen molar-refractivity contribution >= 4 is 5.97 Å². The number of alkyl halides is 2. The van der Waals surface area contributed by atoms with E-state index in [2.05, 4.69) is 4.74 Å². The lowest BCUT2D eigenvalue weighted by Gasteiger charge is -2.19. The molecule has 2 rings (SSSR count). The van der Waals surface area contributed by atoms with Gasteiger partial charge in [0.2, 0.25) is 5.92 Å². The third kappa shape index (κ3) is 1.41. The zero-order chi connectivity index (χ0) is 10.4. The molecule has 80 valence electrons. The van der Waals surface area contributed by atoms with Gasteiger partial charge in [0.25, 0.3) is 0 Å². The Morgan fingerprint density at radius 3 is 2.36 bits per heavy atom. The number of carbonyl (C=O) groups excluding carboxylic acids is 1. The standard InChI is InChI=1S/C10H14F2O2/c1-14-8(13)9(4-5-9)7-2-3-10(11,12)6-7/h7H,2-6H2,1H3. The predicted octanol–water partition coefficient (Wildman–Crippen LogP) is 2.38. The van der Waals surface area contributed by atoms with Crippen molar-refractivity contribution in [1.29, 1.82) is 0 Å². The molecule has 0 saturated heterocycles. The van der Waals surface area contributed by atoms with Crippen molar-refractivity contribution in [2.75, 3.05) is 7.11 Å². The van der Waals surface area contributed by atoms with Gasteiger partial charge >= 0.3 is 5.97 Å². The summed E-state index contributed by atoms with van der Waals surface area (Å²) in [5.74, 6) is -3.01. The largest absolute Gasteiger partial charge is 0.469 e. The summed E-state index contributed by atoms with van der Waals surface area (Å²) in [4.78, 5) is 11.4. The van der Waals surface area contributed by atoms with Gasteiger partial charge in [0.1, 0.15) is 0 Å². The smallest absolute Gasteiger partial charge is 0.312 e. The molecule has 2 aliphatic carbocycles. The van der Waals surface area contributed by atoms with E-state index in [4.69, 9.17) is 0 Å². The summed E-state index contributed by atoms with van der Waals surface area (Å²) in [5, 5.41) is 0. The third-order valence-corrected chi connectivity index (χ3v) is 3.57. The van der Waals surface area contributed by atoms with Gasteiger partial charge in [0.05, 0.1) is 12.5 Å². The second-order valence-electron chi connectivity index (χ2n) is 4.44. The Bertz CT molecular complexity index is 259. The van der Waals surface area contributed by atoms with E-state index in [1.807, 2.05) is 0 Å². The van der Waals surface area contributed by atoms with E-state index in [0.29, 0.717) is 6.42 Å². The minimum absolute atomic E-state index is 0.0730. The Morgan fingerprint density at radius 2 is 2.00 bits per heavy atom. The number of rotatable bonds is 2. The van der Waals surface area contributed by atoms with Crippen molar-refractivity contribution in [2.45, 2.75) is 38.0 Å². The summed E-state index contributed by atoms with van der Waals surface area (Å²) in [6, 6.07) is 0. The first-order chi connectivity index (χ1) is 6.50.